The first-order valence-corrected chi connectivity index (χ1v) is 5.41. The van der Waals surface area contributed by atoms with E-state index in [2.05, 4.69) is 0 Å². The van der Waals surface area contributed by atoms with E-state index in [0.29, 0.717) is 12.1 Å². The molecule has 1 rings (SSSR count). The van der Waals surface area contributed by atoms with Gasteiger partial charge in [0.05, 0.1) is 0 Å². The average molecular weight is 292 g/mol. The molecule has 1 aromatic rings. The van der Waals surface area contributed by atoms with Crippen LogP contribution in [0.1, 0.15) is 6.42 Å². The van der Waals surface area contributed by atoms with Gasteiger partial charge in [-0.05, 0) is 0 Å². The molecule has 2 amide bonds. The van der Waals surface area contributed by atoms with Gasteiger partial charge in [0, 0.05) is 25.2 Å². The molecule has 0 aromatic heterocycles. The summed E-state index contributed by atoms with van der Waals surface area (Å²) in [5, 5.41) is 21.0. The van der Waals surface area contributed by atoms with Gasteiger partial charge in [-0.25, -0.2) is 22.8 Å². The summed E-state index contributed by atoms with van der Waals surface area (Å²) in [6, 6.07) is -1.90. The molecule has 0 aliphatic carbocycles. The number of benzene rings is 1. The monoisotopic (exact) mass is 292 g/mol. The zero-order valence-corrected chi connectivity index (χ0v) is 9.99. The first-order valence-electron chi connectivity index (χ1n) is 5.41. The lowest BCUT2D eigenvalue weighted by Gasteiger charge is -2.14. The lowest BCUT2D eigenvalue weighted by molar-refractivity contribution is -0.139. The van der Waals surface area contributed by atoms with E-state index in [1.165, 1.54) is 0 Å². The number of aliphatic hydroxyl groups excluding tert-OH is 1. The Morgan fingerprint density at radius 3 is 2.20 bits per heavy atom. The van der Waals surface area contributed by atoms with Gasteiger partial charge in [0.25, 0.3) is 0 Å². The highest BCUT2D eigenvalue weighted by Gasteiger charge is 2.21. The van der Waals surface area contributed by atoms with Crippen LogP contribution in [-0.2, 0) is 4.79 Å². The van der Waals surface area contributed by atoms with Crippen molar-refractivity contribution in [3.63, 3.8) is 0 Å². The van der Waals surface area contributed by atoms with Crippen molar-refractivity contribution < 1.29 is 33.0 Å². The molecule has 6 nitrogen and oxygen atoms in total. The molecule has 0 saturated carbocycles. The van der Waals surface area contributed by atoms with Crippen molar-refractivity contribution >= 4 is 17.7 Å². The number of carboxylic acid groups (broad SMARTS) is 1. The zero-order chi connectivity index (χ0) is 15.3. The number of rotatable bonds is 5. The molecule has 0 aliphatic rings. The van der Waals surface area contributed by atoms with Crippen LogP contribution < -0.4 is 10.6 Å². The Morgan fingerprint density at radius 2 is 1.75 bits per heavy atom. The lowest BCUT2D eigenvalue weighted by atomic mass is 10.2. The largest absolute Gasteiger partial charge is 0.480 e. The van der Waals surface area contributed by atoms with E-state index in [9.17, 15) is 22.8 Å². The molecule has 0 aliphatic heterocycles. The highest BCUT2D eigenvalue weighted by atomic mass is 19.1. The molecule has 1 aromatic carbocycles. The fraction of sp³-hybridized carbons (Fsp3) is 0.273. The Balaban J connectivity index is 2.78. The predicted molar refractivity (Wildman–Crippen MR) is 61.6 cm³/mol. The Labute approximate surface area is 111 Å². The maximum absolute atomic E-state index is 13.2. The summed E-state index contributed by atoms with van der Waals surface area (Å²) in [6.45, 7) is -0.503. The number of amides is 2. The number of nitrogens with one attached hydrogen (secondary N) is 2. The Hall–Kier alpha value is -2.29. The smallest absolute Gasteiger partial charge is 0.326 e. The SMILES string of the molecule is O=C(Nc1c(F)cc(F)cc1F)NC(CCO)C(=O)O. The quantitative estimate of drug-likeness (QED) is 0.652. The van der Waals surface area contributed by atoms with E-state index in [1.807, 2.05) is 5.32 Å². The molecule has 1 atom stereocenters. The fourth-order valence-electron chi connectivity index (χ4n) is 1.36. The topological polar surface area (TPSA) is 98.7 Å². The third-order valence-corrected chi connectivity index (χ3v) is 2.27. The van der Waals surface area contributed by atoms with Crippen LogP contribution in [0.2, 0.25) is 0 Å². The predicted octanol–water partition coefficient (Wildman–Crippen LogP) is 1.06. The number of aliphatic carboxylic acids is 1. The second kappa shape index (κ2) is 6.75. The minimum Gasteiger partial charge on any atom is -0.480 e. The summed E-state index contributed by atoms with van der Waals surface area (Å²) < 4.78 is 39.1. The van der Waals surface area contributed by atoms with Crippen LogP contribution in [0, 0.1) is 17.5 Å². The van der Waals surface area contributed by atoms with Gasteiger partial charge in [0.15, 0.2) is 11.6 Å². The van der Waals surface area contributed by atoms with Crippen LogP contribution in [0.5, 0.6) is 0 Å². The van der Waals surface area contributed by atoms with Crippen LogP contribution >= 0.6 is 0 Å². The van der Waals surface area contributed by atoms with Crippen molar-refractivity contribution in [2.75, 3.05) is 11.9 Å². The number of aliphatic hydroxyl groups is 1. The molecule has 4 N–H and O–H groups in total. The number of urea groups is 1. The Kier molecular flexibility index (Phi) is 5.32. The normalized spacial score (nSPS) is 11.8. The van der Waals surface area contributed by atoms with E-state index in [-0.39, 0.29) is 6.42 Å². The summed E-state index contributed by atoms with van der Waals surface area (Å²) in [6.07, 6.45) is -0.281. The maximum atomic E-state index is 13.2. The van der Waals surface area contributed by atoms with E-state index in [1.54, 1.807) is 5.32 Å². The van der Waals surface area contributed by atoms with Crippen molar-refractivity contribution in [1.82, 2.24) is 5.32 Å². The minimum absolute atomic E-state index is 0.281. The van der Waals surface area contributed by atoms with Crippen molar-refractivity contribution in [3.05, 3.63) is 29.6 Å². The van der Waals surface area contributed by atoms with Gasteiger partial charge < -0.3 is 20.8 Å². The average Bonchev–Trinajstić information content (AvgIpc) is 2.33. The van der Waals surface area contributed by atoms with E-state index >= 15 is 0 Å². The zero-order valence-electron chi connectivity index (χ0n) is 9.99. The molecule has 0 bridgehead atoms. The summed E-state index contributed by atoms with van der Waals surface area (Å²) in [4.78, 5) is 22.1. The molecule has 9 heteroatoms. The highest BCUT2D eigenvalue weighted by molar-refractivity contribution is 5.92. The lowest BCUT2D eigenvalue weighted by Crippen LogP contribution is -2.43. The number of carboxylic acids is 1. The summed E-state index contributed by atoms with van der Waals surface area (Å²) in [5.41, 5.74) is -0.906. The number of halogens is 3. The molecular formula is C11H11F3N2O4. The van der Waals surface area contributed by atoms with Crippen molar-refractivity contribution in [2.24, 2.45) is 0 Å². The van der Waals surface area contributed by atoms with Gasteiger partial charge in [0.1, 0.15) is 17.5 Å². The first-order chi connectivity index (χ1) is 9.35. The first kappa shape index (κ1) is 15.8. The van der Waals surface area contributed by atoms with E-state index < -0.39 is 47.8 Å². The molecule has 0 spiro atoms. The van der Waals surface area contributed by atoms with Crippen LogP contribution in [0.25, 0.3) is 0 Å². The number of carbonyl (C=O) groups is 2. The van der Waals surface area contributed by atoms with Crippen LogP contribution in [0.4, 0.5) is 23.7 Å². The third kappa shape index (κ3) is 4.12. The van der Waals surface area contributed by atoms with Gasteiger partial charge in [-0.15, -0.1) is 0 Å². The van der Waals surface area contributed by atoms with Crippen molar-refractivity contribution in [3.8, 4) is 0 Å². The number of anilines is 1. The van der Waals surface area contributed by atoms with E-state index in [4.69, 9.17) is 10.2 Å². The summed E-state index contributed by atoms with van der Waals surface area (Å²) in [7, 11) is 0. The van der Waals surface area contributed by atoms with Gasteiger partial charge in [-0.3, -0.25) is 0 Å². The van der Waals surface area contributed by atoms with Crippen LogP contribution in [0.3, 0.4) is 0 Å². The summed E-state index contributed by atoms with van der Waals surface area (Å²) in [5.74, 6) is -5.26. The van der Waals surface area contributed by atoms with Crippen molar-refractivity contribution in [1.29, 1.82) is 0 Å². The van der Waals surface area contributed by atoms with Gasteiger partial charge >= 0.3 is 12.0 Å². The maximum Gasteiger partial charge on any atom is 0.326 e. The van der Waals surface area contributed by atoms with E-state index in [0.717, 1.165) is 0 Å². The van der Waals surface area contributed by atoms with Crippen molar-refractivity contribution in [2.45, 2.75) is 12.5 Å². The third-order valence-electron chi connectivity index (χ3n) is 2.27. The molecule has 1 unspecified atom stereocenters. The van der Waals surface area contributed by atoms with Crippen LogP contribution in [-0.4, -0.2) is 34.9 Å². The molecule has 0 fully saturated rings. The number of hydrogen-bond donors (Lipinski definition) is 4. The second-order valence-corrected chi connectivity index (χ2v) is 3.75. The number of carbonyl (C=O) groups excluding carboxylic acids is 1. The standard InChI is InChI=1S/C11H11F3N2O4/c12-5-3-6(13)9(7(14)4-5)16-11(20)15-8(1-2-17)10(18)19/h3-4,8,17H,1-2H2,(H,18,19)(H2,15,16,20). The minimum atomic E-state index is -1.42. The fourth-order valence-corrected chi connectivity index (χ4v) is 1.36. The molecule has 0 heterocycles. The Bertz CT molecular complexity index is 501. The van der Waals surface area contributed by atoms with Gasteiger partial charge in [0.2, 0.25) is 0 Å². The molecule has 20 heavy (non-hydrogen) atoms. The van der Waals surface area contributed by atoms with Gasteiger partial charge in [-0.1, -0.05) is 0 Å². The molecule has 110 valence electrons. The highest BCUT2D eigenvalue weighted by Crippen LogP contribution is 2.19. The van der Waals surface area contributed by atoms with Gasteiger partial charge in [-0.2, -0.15) is 0 Å². The summed E-state index contributed by atoms with van der Waals surface area (Å²) >= 11 is 0. The molecule has 0 saturated heterocycles. The Morgan fingerprint density at radius 1 is 1.20 bits per heavy atom. The van der Waals surface area contributed by atoms with Crippen LogP contribution in [0.15, 0.2) is 12.1 Å². The number of hydrogen-bond acceptors (Lipinski definition) is 3. The molecular weight excluding hydrogens is 281 g/mol. The second-order valence-electron chi connectivity index (χ2n) is 3.75. The molecule has 0 radical (unpaired) electrons.